The SMILES string of the molecule is CC(C)C[C@@](C)(COc1ccc(-c2ccnc(C(F)F)n2)cc1C#N)OC(N)=O. The highest BCUT2D eigenvalue weighted by Gasteiger charge is 2.31. The lowest BCUT2D eigenvalue weighted by molar-refractivity contribution is -0.0186. The first-order chi connectivity index (χ1) is 13.6. The molecule has 0 aliphatic rings. The number of aromatic nitrogens is 2. The van der Waals surface area contributed by atoms with Crippen LogP contribution in [0.4, 0.5) is 13.6 Å². The zero-order valence-corrected chi connectivity index (χ0v) is 16.4. The second kappa shape index (κ2) is 9.28. The number of hydrogen-bond acceptors (Lipinski definition) is 6. The van der Waals surface area contributed by atoms with E-state index < -0.39 is 23.9 Å². The van der Waals surface area contributed by atoms with E-state index in [-0.39, 0.29) is 29.5 Å². The third kappa shape index (κ3) is 6.10. The van der Waals surface area contributed by atoms with Gasteiger partial charge in [0.2, 0.25) is 0 Å². The van der Waals surface area contributed by atoms with Crippen LogP contribution in [0.25, 0.3) is 11.3 Å². The molecule has 9 heteroatoms. The Kier molecular flexibility index (Phi) is 7.04. The topological polar surface area (TPSA) is 111 Å². The molecule has 0 aliphatic carbocycles. The van der Waals surface area contributed by atoms with E-state index >= 15 is 0 Å². The minimum absolute atomic E-state index is 0.00875. The molecule has 1 aromatic heterocycles. The first-order valence-electron chi connectivity index (χ1n) is 8.90. The van der Waals surface area contributed by atoms with Crippen molar-refractivity contribution < 1.29 is 23.0 Å². The number of carbonyl (C=O) groups is 1. The van der Waals surface area contributed by atoms with Crippen LogP contribution in [0, 0.1) is 17.2 Å². The van der Waals surface area contributed by atoms with Crippen LogP contribution in [0.1, 0.15) is 45.0 Å². The summed E-state index contributed by atoms with van der Waals surface area (Å²) < 4.78 is 36.6. The predicted octanol–water partition coefficient (Wildman–Crippen LogP) is 4.23. The summed E-state index contributed by atoms with van der Waals surface area (Å²) >= 11 is 0. The molecule has 2 rings (SSSR count). The van der Waals surface area contributed by atoms with E-state index in [1.165, 1.54) is 24.4 Å². The number of nitrogens with two attached hydrogens (primary N) is 1. The number of hydrogen-bond donors (Lipinski definition) is 1. The Morgan fingerprint density at radius 2 is 2.07 bits per heavy atom. The summed E-state index contributed by atoms with van der Waals surface area (Å²) in [4.78, 5) is 18.6. The Bertz CT molecular complexity index is 915. The van der Waals surface area contributed by atoms with Crippen LogP contribution < -0.4 is 10.5 Å². The average Bonchev–Trinajstić information content (AvgIpc) is 2.65. The second-order valence-corrected chi connectivity index (χ2v) is 7.18. The third-order valence-corrected chi connectivity index (χ3v) is 3.99. The van der Waals surface area contributed by atoms with Crippen molar-refractivity contribution in [3.63, 3.8) is 0 Å². The minimum Gasteiger partial charge on any atom is -0.488 e. The smallest absolute Gasteiger partial charge is 0.405 e. The molecule has 1 aromatic carbocycles. The van der Waals surface area contributed by atoms with Gasteiger partial charge in [0.05, 0.1) is 11.3 Å². The van der Waals surface area contributed by atoms with Gasteiger partial charge in [0.25, 0.3) is 6.43 Å². The highest BCUT2D eigenvalue weighted by molar-refractivity contribution is 5.65. The molecular weight excluding hydrogens is 382 g/mol. The minimum atomic E-state index is -2.79. The summed E-state index contributed by atoms with van der Waals surface area (Å²) in [6.07, 6.45) is -1.96. The van der Waals surface area contributed by atoms with Gasteiger partial charge in [0.15, 0.2) is 5.82 Å². The van der Waals surface area contributed by atoms with E-state index in [4.69, 9.17) is 15.2 Å². The molecule has 29 heavy (non-hydrogen) atoms. The molecule has 0 saturated carbocycles. The van der Waals surface area contributed by atoms with Gasteiger partial charge in [-0.15, -0.1) is 0 Å². The van der Waals surface area contributed by atoms with Crippen molar-refractivity contribution in [2.75, 3.05) is 6.61 Å². The maximum Gasteiger partial charge on any atom is 0.405 e. The van der Waals surface area contributed by atoms with Crippen molar-refractivity contribution >= 4 is 6.09 Å². The largest absolute Gasteiger partial charge is 0.488 e. The number of halogens is 2. The van der Waals surface area contributed by atoms with Gasteiger partial charge >= 0.3 is 6.09 Å². The zero-order valence-electron chi connectivity index (χ0n) is 16.4. The Morgan fingerprint density at radius 1 is 1.34 bits per heavy atom. The van der Waals surface area contributed by atoms with E-state index in [1.807, 2.05) is 19.9 Å². The Balaban J connectivity index is 2.26. The van der Waals surface area contributed by atoms with Crippen LogP contribution in [0.2, 0.25) is 0 Å². The molecule has 2 aromatic rings. The first kappa shape index (κ1) is 22.0. The Labute approximate surface area is 167 Å². The maximum absolute atomic E-state index is 12.8. The van der Waals surface area contributed by atoms with Crippen molar-refractivity contribution in [1.29, 1.82) is 5.26 Å². The van der Waals surface area contributed by atoms with Gasteiger partial charge < -0.3 is 15.2 Å². The quantitative estimate of drug-likeness (QED) is 0.705. The lowest BCUT2D eigenvalue weighted by atomic mass is 9.95. The van der Waals surface area contributed by atoms with E-state index in [0.717, 1.165) is 0 Å². The molecule has 0 saturated heterocycles. The van der Waals surface area contributed by atoms with Crippen LogP contribution in [-0.2, 0) is 4.74 Å². The number of alkyl halides is 2. The fraction of sp³-hybridized carbons (Fsp3) is 0.400. The number of amides is 1. The Hall–Kier alpha value is -3.28. The molecule has 0 aliphatic heterocycles. The Morgan fingerprint density at radius 3 is 2.66 bits per heavy atom. The van der Waals surface area contributed by atoms with E-state index in [0.29, 0.717) is 12.0 Å². The lowest BCUT2D eigenvalue weighted by Gasteiger charge is -2.30. The van der Waals surface area contributed by atoms with Crippen LogP contribution in [-0.4, -0.2) is 28.3 Å². The van der Waals surface area contributed by atoms with Gasteiger partial charge in [-0.25, -0.2) is 23.5 Å². The predicted molar refractivity (Wildman–Crippen MR) is 101 cm³/mol. The molecule has 0 spiro atoms. The lowest BCUT2D eigenvalue weighted by Crippen LogP contribution is -2.41. The van der Waals surface area contributed by atoms with Gasteiger partial charge in [-0.05, 0) is 43.5 Å². The molecule has 0 unspecified atom stereocenters. The monoisotopic (exact) mass is 404 g/mol. The van der Waals surface area contributed by atoms with Gasteiger partial charge in [-0.2, -0.15) is 5.26 Å². The summed E-state index contributed by atoms with van der Waals surface area (Å²) in [6.45, 7) is 5.62. The molecule has 154 valence electrons. The average molecular weight is 404 g/mol. The van der Waals surface area contributed by atoms with Crippen molar-refractivity contribution in [3.8, 4) is 23.1 Å². The third-order valence-electron chi connectivity index (χ3n) is 3.99. The normalized spacial score (nSPS) is 13.0. The van der Waals surface area contributed by atoms with Crippen molar-refractivity contribution in [1.82, 2.24) is 9.97 Å². The number of nitriles is 1. The van der Waals surface area contributed by atoms with Gasteiger partial charge in [0.1, 0.15) is 24.0 Å². The molecule has 2 N–H and O–H groups in total. The van der Waals surface area contributed by atoms with E-state index in [2.05, 4.69) is 9.97 Å². The number of primary amides is 1. The van der Waals surface area contributed by atoms with Gasteiger partial charge in [-0.3, -0.25) is 0 Å². The number of ether oxygens (including phenoxy) is 2. The van der Waals surface area contributed by atoms with Gasteiger partial charge in [-0.1, -0.05) is 13.8 Å². The highest BCUT2D eigenvalue weighted by atomic mass is 19.3. The summed E-state index contributed by atoms with van der Waals surface area (Å²) in [5.74, 6) is -0.112. The van der Waals surface area contributed by atoms with Crippen LogP contribution >= 0.6 is 0 Å². The van der Waals surface area contributed by atoms with Crippen molar-refractivity contribution in [2.24, 2.45) is 11.7 Å². The molecule has 1 amide bonds. The molecule has 0 radical (unpaired) electrons. The molecular formula is C20H22F2N4O3. The van der Waals surface area contributed by atoms with Crippen molar-refractivity contribution in [2.45, 2.75) is 39.2 Å². The molecule has 1 atom stereocenters. The standard InChI is InChI=1S/C20H22F2N4O3/c1-12(2)9-20(3,29-19(24)27)11-28-16-5-4-13(8-14(16)10-23)15-6-7-25-18(26-15)17(21)22/h4-8,12,17H,9,11H2,1-3H3,(H2,24,27)/t20-/m0/s1. The number of nitrogens with zero attached hydrogens (tertiary/aromatic N) is 3. The second-order valence-electron chi connectivity index (χ2n) is 7.18. The van der Waals surface area contributed by atoms with E-state index in [1.54, 1.807) is 13.0 Å². The number of carbonyl (C=O) groups excluding carboxylic acids is 1. The summed E-state index contributed by atoms with van der Waals surface area (Å²) in [6, 6.07) is 8.11. The summed E-state index contributed by atoms with van der Waals surface area (Å²) in [7, 11) is 0. The first-order valence-corrected chi connectivity index (χ1v) is 8.90. The molecule has 0 bridgehead atoms. The van der Waals surface area contributed by atoms with Crippen molar-refractivity contribution in [3.05, 3.63) is 41.9 Å². The fourth-order valence-electron chi connectivity index (χ4n) is 3.01. The molecule has 7 nitrogen and oxygen atoms in total. The summed E-state index contributed by atoms with van der Waals surface area (Å²) in [5.41, 5.74) is 5.11. The summed E-state index contributed by atoms with van der Waals surface area (Å²) in [5, 5.41) is 9.46. The zero-order chi connectivity index (χ0) is 21.6. The van der Waals surface area contributed by atoms with E-state index in [9.17, 15) is 18.8 Å². The van der Waals surface area contributed by atoms with Gasteiger partial charge in [0, 0.05) is 11.8 Å². The van der Waals surface area contributed by atoms with Crippen LogP contribution in [0.5, 0.6) is 5.75 Å². The molecule has 1 heterocycles. The van der Waals surface area contributed by atoms with Crippen LogP contribution in [0.3, 0.4) is 0 Å². The number of rotatable bonds is 8. The maximum atomic E-state index is 12.8. The van der Waals surface area contributed by atoms with Crippen LogP contribution in [0.15, 0.2) is 30.5 Å². The number of benzene rings is 1. The highest BCUT2D eigenvalue weighted by Crippen LogP contribution is 2.28. The fourth-order valence-corrected chi connectivity index (χ4v) is 3.01. The molecule has 0 fully saturated rings.